The first-order valence-electron chi connectivity index (χ1n) is 8.63. The maximum Gasteiger partial charge on any atom is 0.337 e. The van der Waals surface area contributed by atoms with Gasteiger partial charge in [0.1, 0.15) is 0 Å². The molecule has 1 saturated heterocycles. The van der Waals surface area contributed by atoms with E-state index in [1.165, 1.54) is 26.4 Å². The van der Waals surface area contributed by atoms with Crippen LogP contribution in [0.25, 0.3) is 0 Å². The third-order valence-corrected chi connectivity index (χ3v) is 4.50. The minimum atomic E-state index is -0.359. The highest BCUT2D eigenvalue weighted by atomic mass is 16.5. The Morgan fingerprint density at radius 2 is 2.12 bits per heavy atom. The summed E-state index contributed by atoms with van der Waals surface area (Å²) >= 11 is 0. The second-order valence-electron chi connectivity index (χ2n) is 6.08. The van der Waals surface area contributed by atoms with Crippen molar-refractivity contribution in [2.45, 2.75) is 38.6 Å². The molecule has 1 aliphatic rings. The van der Waals surface area contributed by atoms with E-state index in [0.717, 1.165) is 24.5 Å². The molecule has 0 amide bonds. The molecule has 1 aliphatic heterocycles. The van der Waals surface area contributed by atoms with E-state index in [1.807, 2.05) is 0 Å². The lowest BCUT2D eigenvalue weighted by Crippen LogP contribution is -2.39. The van der Waals surface area contributed by atoms with Gasteiger partial charge in [-0.15, -0.1) is 5.10 Å². The van der Waals surface area contributed by atoms with Crippen molar-refractivity contribution >= 4 is 23.4 Å². The van der Waals surface area contributed by atoms with E-state index in [0.29, 0.717) is 17.6 Å². The molecule has 3 rings (SSSR count). The van der Waals surface area contributed by atoms with Gasteiger partial charge in [-0.2, -0.15) is 10.1 Å². The number of esters is 1. The Balaban J connectivity index is 1.74. The summed E-state index contributed by atoms with van der Waals surface area (Å²) in [5.74, 6) is 0.946. The molecule has 2 aromatic rings. The largest absolute Gasteiger partial charge is 0.465 e. The molecule has 7 heteroatoms. The zero-order valence-electron chi connectivity index (χ0n) is 14.6. The topological polar surface area (TPSA) is 80.2 Å². The maximum atomic E-state index is 11.5. The van der Waals surface area contributed by atoms with Gasteiger partial charge < -0.3 is 15.0 Å². The summed E-state index contributed by atoms with van der Waals surface area (Å²) in [5.41, 5.74) is 1.29. The Morgan fingerprint density at radius 1 is 1.32 bits per heavy atom. The summed E-state index contributed by atoms with van der Waals surface area (Å²) in [6.45, 7) is 3.21. The molecule has 0 spiro atoms. The molecule has 1 unspecified atom stereocenters. The van der Waals surface area contributed by atoms with Crippen molar-refractivity contribution in [3.8, 4) is 0 Å². The Morgan fingerprint density at radius 3 is 2.84 bits per heavy atom. The molecule has 0 bridgehead atoms. The number of ether oxygens (including phenoxy) is 1. The van der Waals surface area contributed by atoms with Crippen LogP contribution in [-0.4, -0.2) is 40.8 Å². The van der Waals surface area contributed by atoms with Gasteiger partial charge in [-0.25, -0.2) is 4.79 Å². The van der Waals surface area contributed by atoms with Crippen LogP contribution in [-0.2, 0) is 4.74 Å². The summed E-state index contributed by atoms with van der Waals surface area (Å²) < 4.78 is 4.70. The number of anilines is 3. The van der Waals surface area contributed by atoms with Crippen molar-refractivity contribution in [3.05, 3.63) is 36.0 Å². The third-order valence-electron chi connectivity index (χ3n) is 4.50. The monoisotopic (exact) mass is 341 g/mol. The van der Waals surface area contributed by atoms with Crippen LogP contribution < -0.4 is 10.2 Å². The molecule has 7 nitrogen and oxygen atoms in total. The number of carbonyl (C=O) groups is 1. The lowest BCUT2D eigenvalue weighted by Gasteiger charge is -2.35. The van der Waals surface area contributed by atoms with Crippen molar-refractivity contribution in [2.75, 3.05) is 23.9 Å². The van der Waals surface area contributed by atoms with Crippen LogP contribution in [0, 0.1) is 0 Å². The minimum Gasteiger partial charge on any atom is -0.465 e. The van der Waals surface area contributed by atoms with Crippen molar-refractivity contribution in [3.63, 3.8) is 0 Å². The number of piperidine rings is 1. The smallest absolute Gasteiger partial charge is 0.337 e. The van der Waals surface area contributed by atoms with Gasteiger partial charge >= 0.3 is 5.97 Å². The number of rotatable bonds is 5. The van der Waals surface area contributed by atoms with Gasteiger partial charge in [0.25, 0.3) is 0 Å². The van der Waals surface area contributed by atoms with Gasteiger partial charge in [-0.3, -0.25) is 0 Å². The predicted molar refractivity (Wildman–Crippen MR) is 96.2 cm³/mol. The van der Waals surface area contributed by atoms with Gasteiger partial charge in [0.15, 0.2) is 5.82 Å². The van der Waals surface area contributed by atoms with Gasteiger partial charge in [0.05, 0.1) is 18.9 Å². The Bertz CT molecular complexity index is 720. The highest BCUT2D eigenvalue weighted by Gasteiger charge is 2.22. The first-order valence-corrected chi connectivity index (χ1v) is 8.63. The summed E-state index contributed by atoms with van der Waals surface area (Å²) in [5, 5.41) is 11.3. The van der Waals surface area contributed by atoms with E-state index < -0.39 is 0 Å². The molecule has 1 N–H and O–H groups in total. The first kappa shape index (κ1) is 17.1. The van der Waals surface area contributed by atoms with E-state index in [4.69, 9.17) is 4.74 Å². The molecule has 132 valence electrons. The number of benzene rings is 1. The number of carbonyl (C=O) groups excluding carboxylic acids is 1. The standard InChI is InChI=1S/C18H23N5O2/c1-3-15-6-4-5-11-23(15)16-12-19-22-18(21-16)20-14-9-7-13(8-10-14)17(24)25-2/h7-10,12,15H,3-6,11H2,1-2H3,(H,20,21,22). The Kier molecular flexibility index (Phi) is 5.42. The Labute approximate surface area is 147 Å². The summed E-state index contributed by atoms with van der Waals surface area (Å²) in [7, 11) is 1.36. The number of aromatic nitrogens is 3. The lowest BCUT2D eigenvalue weighted by atomic mass is 10.0. The van der Waals surface area contributed by atoms with Crippen LogP contribution in [0.4, 0.5) is 17.5 Å². The second-order valence-corrected chi connectivity index (χ2v) is 6.08. The SMILES string of the molecule is CCC1CCCCN1c1cnnc(Nc2ccc(C(=O)OC)cc2)n1. The van der Waals surface area contributed by atoms with E-state index in [1.54, 1.807) is 30.5 Å². The van der Waals surface area contributed by atoms with Gasteiger partial charge in [0.2, 0.25) is 5.95 Å². The van der Waals surface area contributed by atoms with E-state index in [2.05, 4.69) is 32.3 Å². The average Bonchev–Trinajstić information content (AvgIpc) is 2.68. The predicted octanol–water partition coefficient (Wildman–Crippen LogP) is 3.17. The molecule has 0 saturated carbocycles. The second kappa shape index (κ2) is 7.92. The van der Waals surface area contributed by atoms with Crippen LogP contribution in [0.1, 0.15) is 43.0 Å². The molecular formula is C18H23N5O2. The molecule has 1 aromatic carbocycles. The fourth-order valence-corrected chi connectivity index (χ4v) is 3.15. The van der Waals surface area contributed by atoms with E-state index in [-0.39, 0.29) is 5.97 Å². The molecule has 1 aromatic heterocycles. The van der Waals surface area contributed by atoms with Gasteiger partial charge in [0, 0.05) is 18.3 Å². The number of hydrogen-bond donors (Lipinski definition) is 1. The van der Waals surface area contributed by atoms with Crippen molar-refractivity contribution in [2.24, 2.45) is 0 Å². The van der Waals surface area contributed by atoms with E-state index >= 15 is 0 Å². The summed E-state index contributed by atoms with van der Waals surface area (Å²) in [6.07, 6.45) is 6.46. The van der Waals surface area contributed by atoms with Crippen LogP contribution in [0.5, 0.6) is 0 Å². The van der Waals surface area contributed by atoms with E-state index in [9.17, 15) is 4.79 Å². The van der Waals surface area contributed by atoms with Crippen LogP contribution in [0.2, 0.25) is 0 Å². The fourth-order valence-electron chi connectivity index (χ4n) is 3.15. The number of hydrogen-bond acceptors (Lipinski definition) is 7. The number of methoxy groups -OCH3 is 1. The van der Waals surface area contributed by atoms with Crippen LogP contribution in [0.15, 0.2) is 30.5 Å². The molecule has 0 aliphatic carbocycles. The quantitative estimate of drug-likeness (QED) is 0.837. The zero-order valence-corrected chi connectivity index (χ0v) is 14.6. The number of nitrogens with one attached hydrogen (secondary N) is 1. The molecule has 1 fully saturated rings. The molecule has 1 atom stereocenters. The highest BCUT2D eigenvalue weighted by molar-refractivity contribution is 5.89. The van der Waals surface area contributed by atoms with Crippen molar-refractivity contribution < 1.29 is 9.53 Å². The third kappa shape index (κ3) is 4.04. The summed E-state index contributed by atoms with van der Waals surface area (Å²) in [6, 6.07) is 7.49. The Hall–Kier alpha value is -2.70. The van der Waals surface area contributed by atoms with Gasteiger partial charge in [-0.05, 0) is 49.9 Å². The van der Waals surface area contributed by atoms with Crippen molar-refractivity contribution in [1.82, 2.24) is 15.2 Å². The van der Waals surface area contributed by atoms with Crippen molar-refractivity contribution in [1.29, 1.82) is 0 Å². The highest BCUT2D eigenvalue weighted by Crippen LogP contribution is 2.25. The average molecular weight is 341 g/mol. The number of nitrogens with zero attached hydrogens (tertiary/aromatic N) is 4. The summed E-state index contributed by atoms with van der Waals surface area (Å²) in [4.78, 5) is 18.4. The maximum absolute atomic E-state index is 11.5. The van der Waals surface area contributed by atoms with Gasteiger partial charge in [-0.1, -0.05) is 6.92 Å². The molecular weight excluding hydrogens is 318 g/mol. The minimum absolute atomic E-state index is 0.359. The fraction of sp³-hybridized carbons (Fsp3) is 0.444. The van der Waals surface area contributed by atoms with Crippen LogP contribution in [0.3, 0.4) is 0 Å². The molecule has 2 heterocycles. The zero-order chi connectivity index (χ0) is 17.6. The first-order chi connectivity index (χ1) is 12.2. The lowest BCUT2D eigenvalue weighted by molar-refractivity contribution is 0.0601. The molecule has 0 radical (unpaired) electrons. The van der Waals surface area contributed by atoms with Crippen LogP contribution >= 0.6 is 0 Å². The molecule has 25 heavy (non-hydrogen) atoms. The normalized spacial score (nSPS) is 17.2.